The van der Waals surface area contributed by atoms with Gasteiger partial charge in [0.2, 0.25) is 0 Å². The van der Waals surface area contributed by atoms with Crippen LogP contribution in [0.5, 0.6) is 0 Å². The summed E-state index contributed by atoms with van der Waals surface area (Å²) in [6.45, 7) is 1.77. The molecule has 1 aromatic heterocycles. The lowest BCUT2D eigenvalue weighted by Gasteiger charge is -2.10. The number of hydrogen-bond donors (Lipinski definition) is 0. The molecule has 0 radical (unpaired) electrons. The van der Waals surface area contributed by atoms with Gasteiger partial charge in [-0.05, 0) is 59.3 Å². The van der Waals surface area contributed by atoms with Crippen molar-refractivity contribution in [2.24, 2.45) is 5.10 Å². The number of nitrogens with zero attached hydrogens (tertiary/aromatic N) is 3. The highest BCUT2D eigenvalue weighted by Gasteiger charge is 2.29. The highest BCUT2D eigenvalue weighted by molar-refractivity contribution is 9.10. The number of nitro benzene ring substituents is 1. The van der Waals surface area contributed by atoms with Gasteiger partial charge in [-0.3, -0.25) is 14.9 Å². The summed E-state index contributed by atoms with van der Waals surface area (Å²) in [6, 6.07) is 17.1. The van der Waals surface area contributed by atoms with E-state index in [1.165, 1.54) is 17.1 Å². The lowest BCUT2D eigenvalue weighted by molar-refractivity contribution is -0.384. The Balaban J connectivity index is 1.62. The number of rotatable bonds is 4. The molecule has 1 aliphatic heterocycles. The number of nitro groups is 1. The van der Waals surface area contributed by atoms with Crippen molar-refractivity contribution in [3.63, 3.8) is 0 Å². The van der Waals surface area contributed by atoms with Gasteiger partial charge in [0.15, 0.2) is 0 Å². The molecule has 0 spiro atoms. The molecule has 2 heterocycles. The SMILES string of the molecule is CC1=NN(c2ccccc2)C(=O)/C1=C/c1ccc(-c2ccc([N+](=O)[O-])cc2Br)o1. The summed E-state index contributed by atoms with van der Waals surface area (Å²) in [5, 5.41) is 16.6. The molecular formula is C21H14BrN3O4. The third-order valence-electron chi connectivity index (χ3n) is 4.41. The Kier molecular flexibility index (Phi) is 4.85. The fourth-order valence-electron chi connectivity index (χ4n) is 2.96. The predicted octanol–water partition coefficient (Wildman–Crippen LogP) is 5.42. The van der Waals surface area contributed by atoms with E-state index >= 15 is 0 Å². The van der Waals surface area contributed by atoms with Gasteiger partial charge in [0.05, 0.1) is 21.9 Å². The van der Waals surface area contributed by atoms with Crippen LogP contribution in [0.4, 0.5) is 11.4 Å². The van der Waals surface area contributed by atoms with Crippen LogP contribution in [-0.2, 0) is 4.79 Å². The number of carbonyl (C=O) groups is 1. The van der Waals surface area contributed by atoms with Gasteiger partial charge in [-0.25, -0.2) is 0 Å². The molecule has 0 fully saturated rings. The number of hydrogen-bond acceptors (Lipinski definition) is 5. The Morgan fingerprint density at radius 3 is 2.59 bits per heavy atom. The molecule has 1 amide bonds. The van der Waals surface area contributed by atoms with Crippen LogP contribution >= 0.6 is 15.9 Å². The van der Waals surface area contributed by atoms with Crippen LogP contribution in [0, 0.1) is 10.1 Å². The van der Waals surface area contributed by atoms with E-state index in [4.69, 9.17) is 4.42 Å². The summed E-state index contributed by atoms with van der Waals surface area (Å²) in [6.07, 6.45) is 1.65. The van der Waals surface area contributed by atoms with Gasteiger partial charge in [0.25, 0.3) is 11.6 Å². The summed E-state index contributed by atoms with van der Waals surface area (Å²) in [7, 11) is 0. The van der Waals surface area contributed by atoms with Gasteiger partial charge in [-0.1, -0.05) is 18.2 Å². The minimum absolute atomic E-state index is 0.0149. The largest absolute Gasteiger partial charge is 0.457 e. The summed E-state index contributed by atoms with van der Waals surface area (Å²) in [5.74, 6) is 0.778. The zero-order chi connectivity index (χ0) is 20.5. The number of carbonyl (C=O) groups excluding carboxylic acids is 1. The van der Waals surface area contributed by atoms with Crippen LogP contribution in [0.3, 0.4) is 0 Å². The van der Waals surface area contributed by atoms with E-state index in [-0.39, 0.29) is 11.6 Å². The van der Waals surface area contributed by atoms with Crippen LogP contribution in [0.1, 0.15) is 12.7 Å². The summed E-state index contributed by atoms with van der Waals surface area (Å²) >= 11 is 3.34. The minimum Gasteiger partial charge on any atom is -0.457 e. The molecule has 2 aromatic carbocycles. The molecule has 29 heavy (non-hydrogen) atoms. The normalized spacial score (nSPS) is 15.1. The van der Waals surface area contributed by atoms with Crippen molar-refractivity contribution < 1.29 is 14.1 Å². The van der Waals surface area contributed by atoms with E-state index in [0.29, 0.717) is 38.5 Å². The Morgan fingerprint density at radius 1 is 1.14 bits per heavy atom. The van der Waals surface area contributed by atoms with Crippen LogP contribution in [-0.4, -0.2) is 16.5 Å². The van der Waals surface area contributed by atoms with Crippen molar-refractivity contribution in [1.29, 1.82) is 0 Å². The first-order valence-electron chi connectivity index (χ1n) is 8.65. The maximum atomic E-state index is 12.8. The van der Waals surface area contributed by atoms with Crippen molar-refractivity contribution >= 4 is 45.0 Å². The molecule has 144 valence electrons. The molecule has 3 aromatic rings. The smallest absolute Gasteiger partial charge is 0.280 e. The average molecular weight is 452 g/mol. The highest BCUT2D eigenvalue weighted by atomic mass is 79.9. The summed E-state index contributed by atoms with van der Waals surface area (Å²) in [4.78, 5) is 23.2. The Labute approximate surface area is 174 Å². The molecule has 0 bridgehead atoms. The number of anilines is 1. The molecule has 7 nitrogen and oxygen atoms in total. The van der Waals surface area contributed by atoms with Crippen LogP contribution in [0.2, 0.25) is 0 Å². The van der Waals surface area contributed by atoms with E-state index in [0.717, 1.165) is 0 Å². The molecular weight excluding hydrogens is 438 g/mol. The fourth-order valence-corrected chi connectivity index (χ4v) is 3.53. The maximum absolute atomic E-state index is 12.8. The number of hydrazone groups is 1. The third kappa shape index (κ3) is 3.62. The number of para-hydroxylation sites is 1. The molecule has 0 saturated carbocycles. The molecule has 0 atom stereocenters. The monoisotopic (exact) mass is 451 g/mol. The lowest BCUT2D eigenvalue weighted by atomic mass is 10.1. The zero-order valence-corrected chi connectivity index (χ0v) is 16.8. The first-order valence-corrected chi connectivity index (χ1v) is 9.44. The minimum atomic E-state index is -0.459. The standard InChI is InChI=1S/C21H14BrN3O4/c1-13-18(21(26)24(23-13)14-5-3-2-4-6-14)12-16-8-10-20(29-16)17-9-7-15(25(27)28)11-19(17)22/h2-12H,1H3/b18-12+. The number of furan rings is 1. The van der Waals surface area contributed by atoms with Crippen molar-refractivity contribution in [2.45, 2.75) is 6.92 Å². The fraction of sp³-hybridized carbons (Fsp3) is 0.0476. The molecule has 1 aliphatic rings. The summed E-state index contributed by atoms with van der Waals surface area (Å²) < 4.78 is 6.39. The first-order chi connectivity index (χ1) is 13.9. The van der Waals surface area contributed by atoms with Gasteiger partial charge in [0.1, 0.15) is 11.5 Å². The second-order valence-electron chi connectivity index (χ2n) is 6.32. The summed E-state index contributed by atoms with van der Waals surface area (Å²) in [5.41, 5.74) is 2.38. The topological polar surface area (TPSA) is 89.0 Å². The van der Waals surface area contributed by atoms with E-state index in [9.17, 15) is 14.9 Å². The highest BCUT2D eigenvalue weighted by Crippen LogP contribution is 2.33. The number of non-ortho nitro benzene ring substituents is 1. The third-order valence-corrected chi connectivity index (χ3v) is 5.06. The maximum Gasteiger partial charge on any atom is 0.280 e. The lowest BCUT2D eigenvalue weighted by Crippen LogP contribution is -2.21. The van der Waals surface area contributed by atoms with E-state index in [1.54, 1.807) is 31.2 Å². The molecule has 0 N–H and O–H groups in total. The molecule has 4 rings (SSSR count). The van der Waals surface area contributed by atoms with Crippen molar-refractivity contribution in [3.8, 4) is 11.3 Å². The van der Waals surface area contributed by atoms with Gasteiger partial charge >= 0.3 is 0 Å². The van der Waals surface area contributed by atoms with E-state index < -0.39 is 4.92 Å². The van der Waals surface area contributed by atoms with Gasteiger partial charge in [0, 0.05) is 22.2 Å². The quantitative estimate of drug-likeness (QED) is 0.300. The first kappa shape index (κ1) is 18.8. The molecule has 8 heteroatoms. The average Bonchev–Trinajstić information content (AvgIpc) is 3.28. The molecule has 0 unspecified atom stereocenters. The van der Waals surface area contributed by atoms with Gasteiger partial charge < -0.3 is 4.42 Å². The van der Waals surface area contributed by atoms with Crippen molar-refractivity contribution in [1.82, 2.24) is 0 Å². The van der Waals surface area contributed by atoms with Crippen molar-refractivity contribution in [3.05, 3.63) is 86.6 Å². The van der Waals surface area contributed by atoms with E-state index in [1.807, 2.05) is 30.3 Å². The second kappa shape index (κ2) is 7.48. The van der Waals surface area contributed by atoms with Crippen LogP contribution in [0.25, 0.3) is 17.4 Å². The van der Waals surface area contributed by atoms with Gasteiger partial charge in [-0.2, -0.15) is 10.1 Å². The van der Waals surface area contributed by atoms with Crippen LogP contribution in [0.15, 0.2) is 80.2 Å². The Morgan fingerprint density at radius 2 is 1.90 bits per heavy atom. The molecule has 0 aliphatic carbocycles. The van der Waals surface area contributed by atoms with E-state index in [2.05, 4.69) is 21.0 Å². The number of benzene rings is 2. The Bertz CT molecular complexity index is 1180. The van der Waals surface area contributed by atoms with Crippen LogP contribution < -0.4 is 5.01 Å². The zero-order valence-electron chi connectivity index (χ0n) is 15.2. The predicted molar refractivity (Wildman–Crippen MR) is 114 cm³/mol. The van der Waals surface area contributed by atoms with Crippen molar-refractivity contribution in [2.75, 3.05) is 5.01 Å². The van der Waals surface area contributed by atoms with Gasteiger partial charge in [-0.15, -0.1) is 0 Å². The number of halogens is 1. The molecule has 0 saturated heterocycles. The second-order valence-corrected chi connectivity index (χ2v) is 7.17. The number of amides is 1. The Hall–Kier alpha value is -3.52.